The summed E-state index contributed by atoms with van der Waals surface area (Å²) in [5.41, 5.74) is 4.06. The van der Waals surface area contributed by atoms with Gasteiger partial charge in [0.25, 0.3) is 5.91 Å². The van der Waals surface area contributed by atoms with Gasteiger partial charge in [-0.05, 0) is 53.1 Å². The average molecular weight is 555 g/mol. The second-order valence-electron chi connectivity index (χ2n) is 9.16. The summed E-state index contributed by atoms with van der Waals surface area (Å²) in [6.07, 6.45) is 3.02. The SMILES string of the molecule is CCCCc1nnc(SCc2ccc(OC)cc2)n1Cc1ccc(NC(=O)c2ccccc2-c2nn[nH]n2)cc1. The molecule has 0 unspecified atom stereocenters. The molecule has 0 fully saturated rings. The fourth-order valence-corrected chi connectivity index (χ4v) is 5.11. The van der Waals surface area contributed by atoms with Gasteiger partial charge in [-0.15, -0.1) is 20.4 Å². The lowest BCUT2D eigenvalue weighted by Gasteiger charge is -2.12. The highest BCUT2D eigenvalue weighted by Gasteiger charge is 2.16. The molecule has 1 amide bonds. The van der Waals surface area contributed by atoms with Gasteiger partial charge in [-0.2, -0.15) is 5.21 Å². The van der Waals surface area contributed by atoms with Crippen molar-refractivity contribution < 1.29 is 9.53 Å². The fourth-order valence-electron chi connectivity index (χ4n) is 4.20. The smallest absolute Gasteiger partial charge is 0.256 e. The highest BCUT2D eigenvalue weighted by molar-refractivity contribution is 7.98. The van der Waals surface area contributed by atoms with Crippen molar-refractivity contribution in [3.8, 4) is 17.1 Å². The summed E-state index contributed by atoms with van der Waals surface area (Å²) >= 11 is 1.67. The van der Waals surface area contributed by atoms with Crippen LogP contribution in [0, 0.1) is 0 Å². The average Bonchev–Trinajstić information content (AvgIpc) is 3.67. The van der Waals surface area contributed by atoms with E-state index in [-0.39, 0.29) is 5.91 Å². The zero-order valence-corrected chi connectivity index (χ0v) is 23.2. The van der Waals surface area contributed by atoms with Crippen LogP contribution in [0.25, 0.3) is 11.4 Å². The largest absolute Gasteiger partial charge is 0.497 e. The number of nitrogens with zero attached hydrogens (tertiary/aromatic N) is 6. The molecular weight excluding hydrogens is 524 g/mol. The molecule has 2 aromatic heterocycles. The van der Waals surface area contributed by atoms with E-state index in [1.165, 1.54) is 5.56 Å². The summed E-state index contributed by atoms with van der Waals surface area (Å²) in [5.74, 6) is 2.73. The maximum Gasteiger partial charge on any atom is 0.256 e. The molecule has 0 saturated carbocycles. The zero-order chi connectivity index (χ0) is 27.7. The molecule has 11 heteroatoms. The van der Waals surface area contributed by atoms with Crippen molar-refractivity contribution >= 4 is 23.4 Å². The van der Waals surface area contributed by atoms with E-state index in [1.807, 2.05) is 42.5 Å². The van der Waals surface area contributed by atoms with Crippen LogP contribution in [-0.4, -0.2) is 48.4 Å². The van der Waals surface area contributed by atoms with Crippen molar-refractivity contribution in [1.82, 2.24) is 35.4 Å². The van der Waals surface area contributed by atoms with Crippen LogP contribution in [0.15, 0.2) is 78.0 Å². The third-order valence-electron chi connectivity index (χ3n) is 6.38. The Morgan fingerprint density at radius 2 is 1.75 bits per heavy atom. The van der Waals surface area contributed by atoms with Crippen LogP contribution in [0.1, 0.15) is 47.1 Å². The Bertz CT molecular complexity index is 1530. The van der Waals surface area contributed by atoms with Gasteiger partial charge in [0.05, 0.1) is 19.2 Å². The van der Waals surface area contributed by atoms with E-state index in [2.05, 4.69) is 59.8 Å². The number of carbonyl (C=O) groups is 1. The fraction of sp³-hybridized carbons (Fsp3) is 0.241. The number of aromatic nitrogens is 7. The molecule has 0 radical (unpaired) electrons. The van der Waals surface area contributed by atoms with Crippen molar-refractivity contribution in [3.63, 3.8) is 0 Å². The quantitative estimate of drug-likeness (QED) is 0.197. The van der Waals surface area contributed by atoms with E-state index in [4.69, 9.17) is 4.74 Å². The molecule has 204 valence electrons. The van der Waals surface area contributed by atoms with Gasteiger partial charge in [0, 0.05) is 23.4 Å². The van der Waals surface area contributed by atoms with E-state index < -0.39 is 0 Å². The summed E-state index contributed by atoms with van der Waals surface area (Å²) in [4.78, 5) is 13.1. The third-order valence-corrected chi connectivity index (χ3v) is 7.42. The first-order valence-corrected chi connectivity index (χ1v) is 14.0. The predicted molar refractivity (Wildman–Crippen MR) is 154 cm³/mol. The highest BCUT2D eigenvalue weighted by atomic mass is 32.2. The highest BCUT2D eigenvalue weighted by Crippen LogP contribution is 2.26. The number of carbonyl (C=O) groups excluding carboxylic acids is 1. The summed E-state index contributed by atoms with van der Waals surface area (Å²) in [6.45, 7) is 2.82. The third kappa shape index (κ3) is 6.55. The molecule has 0 aliphatic carbocycles. The molecule has 0 spiro atoms. The maximum atomic E-state index is 13.1. The first-order valence-electron chi connectivity index (χ1n) is 13.1. The van der Waals surface area contributed by atoms with Gasteiger partial charge in [-0.25, -0.2) is 0 Å². The molecule has 0 atom stereocenters. The molecule has 2 N–H and O–H groups in total. The lowest BCUT2D eigenvalue weighted by Crippen LogP contribution is -2.13. The van der Waals surface area contributed by atoms with Crippen LogP contribution in [-0.2, 0) is 18.7 Å². The molecule has 2 heterocycles. The van der Waals surface area contributed by atoms with E-state index in [9.17, 15) is 4.79 Å². The monoisotopic (exact) mass is 554 g/mol. The molecule has 5 rings (SSSR count). The first kappa shape index (κ1) is 27.1. The Morgan fingerprint density at radius 1 is 0.975 bits per heavy atom. The molecule has 3 aromatic carbocycles. The number of thioether (sulfide) groups is 1. The lowest BCUT2D eigenvalue weighted by molar-refractivity contribution is 0.102. The van der Waals surface area contributed by atoms with Gasteiger partial charge < -0.3 is 14.6 Å². The summed E-state index contributed by atoms with van der Waals surface area (Å²) in [6, 6.07) is 23.1. The minimum Gasteiger partial charge on any atom is -0.497 e. The maximum absolute atomic E-state index is 13.1. The molecule has 0 bridgehead atoms. The molecule has 0 aliphatic rings. The number of hydrogen-bond donors (Lipinski definition) is 2. The Hall–Kier alpha value is -4.51. The molecule has 10 nitrogen and oxygen atoms in total. The van der Waals surface area contributed by atoms with E-state index in [0.717, 1.165) is 47.3 Å². The van der Waals surface area contributed by atoms with Crippen LogP contribution in [0.4, 0.5) is 5.69 Å². The Labute approximate surface area is 236 Å². The molecule has 5 aromatic rings. The van der Waals surface area contributed by atoms with E-state index in [1.54, 1.807) is 37.1 Å². The van der Waals surface area contributed by atoms with Crippen molar-refractivity contribution in [2.75, 3.05) is 12.4 Å². The van der Waals surface area contributed by atoms with Crippen LogP contribution in [0.5, 0.6) is 5.75 Å². The topological polar surface area (TPSA) is 124 Å². The van der Waals surface area contributed by atoms with Gasteiger partial charge >= 0.3 is 0 Å². The number of tetrazole rings is 1. The lowest BCUT2D eigenvalue weighted by atomic mass is 10.1. The van der Waals surface area contributed by atoms with Gasteiger partial charge in [0.15, 0.2) is 5.16 Å². The molecular formula is C29H30N8O2S. The summed E-state index contributed by atoms with van der Waals surface area (Å²) in [5, 5.41) is 26.9. The summed E-state index contributed by atoms with van der Waals surface area (Å²) < 4.78 is 7.46. The number of benzene rings is 3. The van der Waals surface area contributed by atoms with Gasteiger partial charge in [-0.1, -0.05) is 67.6 Å². The minimum atomic E-state index is -0.244. The Balaban J connectivity index is 1.28. The zero-order valence-electron chi connectivity index (χ0n) is 22.4. The van der Waals surface area contributed by atoms with E-state index >= 15 is 0 Å². The molecule has 0 saturated heterocycles. The normalized spacial score (nSPS) is 10.9. The number of rotatable bonds is 12. The number of methoxy groups -OCH3 is 1. The number of nitrogens with one attached hydrogen (secondary N) is 2. The van der Waals surface area contributed by atoms with Crippen molar-refractivity contribution in [2.45, 2.75) is 43.6 Å². The Morgan fingerprint density at radius 3 is 2.48 bits per heavy atom. The van der Waals surface area contributed by atoms with Crippen LogP contribution in [0.2, 0.25) is 0 Å². The number of aromatic amines is 1. The van der Waals surface area contributed by atoms with Crippen LogP contribution < -0.4 is 10.1 Å². The number of amides is 1. The van der Waals surface area contributed by atoms with Crippen LogP contribution in [0.3, 0.4) is 0 Å². The number of H-pyrrole nitrogens is 1. The number of ether oxygens (including phenoxy) is 1. The van der Waals surface area contributed by atoms with Crippen LogP contribution >= 0.6 is 11.8 Å². The second-order valence-corrected chi connectivity index (χ2v) is 10.1. The number of anilines is 1. The van der Waals surface area contributed by atoms with Crippen molar-refractivity contribution in [1.29, 1.82) is 0 Å². The molecule has 40 heavy (non-hydrogen) atoms. The van der Waals surface area contributed by atoms with Gasteiger partial charge in [0.1, 0.15) is 11.6 Å². The minimum absolute atomic E-state index is 0.244. The standard InChI is InChI=1S/C29H30N8O2S/c1-3-4-9-26-31-34-29(40-19-21-12-16-23(39-2)17-13-21)37(26)18-20-10-14-22(15-11-20)30-28(38)25-8-6-5-7-24(25)27-32-35-36-33-27/h5-8,10-17H,3-4,9,18-19H2,1-2H3,(H,30,38)(H,32,33,35,36). The van der Waals surface area contributed by atoms with E-state index in [0.29, 0.717) is 29.2 Å². The number of hydrogen-bond acceptors (Lipinski definition) is 8. The number of unbranched alkanes of at least 4 members (excludes halogenated alkanes) is 1. The van der Waals surface area contributed by atoms with Crippen molar-refractivity contribution in [3.05, 3.63) is 95.3 Å². The molecule has 0 aliphatic heterocycles. The van der Waals surface area contributed by atoms with Gasteiger partial charge in [-0.3, -0.25) is 4.79 Å². The number of aryl methyl sites for hydroxylation is 1. The predicted octanol–water partition coefficient (Wildman–Crippen LogP) is 5.40. The second kappa shape index (κ2) is 13.0. The van der Waals surface area contributed by atoms with Gasteiger partial charge in [0.2, 0.25) is 5.82 Å². The van der Waals surface area contributed by atoms with Crippen molar-refractivity contribution in [2.24, 2.45) is 0 Å². The first-order chi connectivity index (χ1) is 19.6. The Kier molecular flexibility index (Phi) is 8.82. The summed E-state index contributed by atoms with van der Waals surface area (Å²) in [7, 11) is 1.67.